The monoisotopic (exact) mass is 606 g/mol. The number of anilines is 2. The molecule has 0 bridgehead atoms. The first kappa shape index (κ1) is 30.3. The van der Waals surface area contributed by atoms with Crippen LogP contribution in [0.2, 0.25) is 0 Å². The molecule has 0 fully saturated rings. The maximum absolute atomic E-state index is 13.6. The third-order valence-corrected chi connectivity index (χ3v) is 9.08. The molecule has 0 unspecified atom stereocenters. The molecule has 0 aliphatic heterocycles. The van der Waals surface area contributed by atoms with Crippen LogP contribution >= 0.6 is 11.3 Å². The molecule has 2 aliphatic carbocycles. The third-order valence-electron chi connectivity index (χ3n) is 8.01. The molecular weight excluding hydrogens is 568 g/mol. The van der Waals surface area contributed by atoms with E-state index in [2.05, 4.69) is 20.9 Å². The lowest BCUT2D eigenvalue weighted by Crippen LogP contribution is -2.33. The second-order valence-electron chi connectivity index (χ2n) is 10.9. The van der Waals surface area contributed by atoms with Crippen molar-refractivity contribution in [2.45, 2.75) is 70.9 Å². The Kier molecular flexibility index (Phi) is 9.19. The average Bonchev–Trinajstić information content (AvgIpc) is 3.08. The summed E-state index contributed by atoms with van der Waals surface area (Å²) < 4.78 is 17.1. The fourth-order valence-electron chi connectivity index (χ4n) is 5.92. The predicted molar refractivity (Wildman–Crippen MR) is 168 cm³/mol. The van der Waals surface area contributed by atoms with Gasteiger partial charge in [0.05, 0.1) is 38.8 Å². The first-order chi connectivity index (χ1) is 20.7. The lowest BCUT2D eigenvalue weighted by atomic mass is 9.95. The zero-order valence-corrected chi connectivity index (χ0v) is 26.0. The van der Waals surface area contributed by atoms with Crippen LogP contribution in [0.1, 0.15) is 67.3 Å². The summed E-state index contributed by atoms with van der Waals surface area (Å²) in [5.41, 5.74) is 4.10. The van der Waals surface area contributed by atoms with Crippen LogP contribution in [0.15, 0.2) is 29.1 Å². The van der Waals surface area contributed by atoms with E-state index < -0.39 is 12.1 Å². The second-order valence-corrected chi connectivity index (χ2v) is 12.0. The molecular formula is C32H38N4O6S. The summed E-state index contributed by atoms with van der Waals surface area (Å²) in [7, 11) is 4.67. The van der Waals surface area contributed by atoms with E-state index in [1.165, 1.54) is 35.6 Å². The maximum Gasteiger partial charge on any atom is 0.248 e. The molecule has 11 heteroatoms. The van der Waals surface area contributed by atoms with E-state index in [1.54, 1.807) is 34.3 Å². The van der Waals surface area contributed by atoms with Crippen LogP contribution in [0.4, 0.5) is 10.8 Å². The van der Waals surface area contributed by atoms with Gasteiger partial charge < -0.3 is 30.2 Å². The van der Waals surface area contributed by atoms with Crippen LogP contribution in [0.5, 0.6) is 17.2 Å². The van der Waals surface area contributed by atoms with E-state index in [0.29, 0.717) is 40.8 Å². The van der Waals surface area contributed by atoms with Gasteiger partial charge in [0.25, 0.3) is 0 Å². The number of carbonyl (C=O) groups is 2. The summed E-state index contributed by atoms with van der Waals surface area (Å²) in [6.07, 6.45) is 6.55. The zero-order chi connectivity index (χ0) is 30.7. The first-order valence-corrected chi connectivity index (χ1v) is 15.4. The Morgan fingerprint density at radius 3 is 2.49 bits per heavy atom. The Bertz CT molecular complexity index is 1580. The number of hydrogen-bond acceptors (Lipinski definition) is 9. The summed E-state index contributed by atoms with van der Waals surface area (Å²) in [5, 5.41) is 9.62. The molecule has 2 atom stereocenters. The third kappa shape index (κ3) is 6.31. The van der Waals surface area contributed by atoms with Gasteiger partial charge in [-0.2, -0.15) is 0 Å². The molecule has 2 amide bonds. The minimum Gasteiger partial charge on any atom is -0.493 e. The zero-order valence-electron chi connectivity index (χ0n) is 25.2. The Hall–Kier alpha value is -4.12. The number of ether oxygens (including phenoxy) is 3. The van der Waals surface area contributed by atoms with Crippen LogP contribution in [0, 0.1) is 0 Å². The van der Waals surface area contributed by atoms with E-state index >= 15 is 0 Å². The van der Waals surface area contributed by atoms with Crippen molar-refractivity contribution >= 4 is 34.0 Å². The van der Waals surface area contributed by atoms with Crippen LogP contribution in [0.3, 0.4) is 0 Å². The average molecular weight is 607 g/mol. The molecule has 228 valence electrons. The van der Waals surface area contributed by atoms with Gasteiger partial charge in [-0.3, -0.25) is 14.4 Å². The van der Waals surface area contributed by atoms with E-state index in [1.807, 2.05) is 12.1 Å². The van der Waals surface area contributed by atoms with Gasteiger partial charge in [0.15, 0.2) is 16.6 Å². The fraction of sp³-hybridized carbons (Fsp3) is 0.438. The van der Waals surface area contributed by atoms with Gasteiger partial charge in [-0.25, -0.2) is 4.98 Å². The normalized spacial score (nSPS) is 16.3. The van der Waals surface area contributed by atoms with Crippen molar-refractivity contribution in [3.05, 3.63) is 56.2 Å². The Labute approximate surface area is 255 Å². The highest BCUT2D eigenvalue weighted by atomic mass is 32.1. The molecule has 5 rings (SSSR count). The molecule has 2 aromatic carbocycles. The Balaban J connectivity index is 1.51. The number of rotatable bonds is 8. The second kappa shape index (κ2) is 13.0. The topological polar surface area (TPSA) is 128 Å². The van der Waals surface area contributed by atoms with Crippen molar-refractivity contribution in [1.82, 2.24) is 10.3 Å². The molecule has 0 radical (unpaired) electrons. The van der Waals surface area contributed by atoms with Gasteiger partial charge in [-0.15, -0.1) is 11.3 Å². The quantitative estimate of drug-likeness (QED) is 0.305. The summed E-state index contributed by atoms with van der Waals surface area (Å²) >= 11 is 1.53. The summed E-state index contributed by atoms with van der Waals surface area (Å²) in [6, 6.07) is 5.81. The van der Waals surface area contributed by atoms with Crippen LogP contribution in [-0.4, -0.2) is 44.2 Å². The van der Waals surface area contributed by atoms with Crippen molar-refractivity contribution in [2.75, 3.05) is 32.0 Å². The number of amides is 2. The smallest absolute Gasteiger partial charge is 0.248 e. The SMILES string of the molecule is COc1cc2c(c(OC)c1OC)-c1ccc(N[C@H](C)C(=O)Nc3nc4c(s3)CCCCC4)c(=O)cc1[C@@H](NC(C)=O)CC2. The number of aromatic nitrogens is 1. The van der Waals surface area contributed by atoms with Crippen molar-refractivity contribution in [3.8, 4) is 28.4 Å². The molecule has 2 aliphatic rings. The van der Waals surface area contributed by atoms with Gasteiger partial charge in [-0.1, -0.05) is 12.5 Å². The minimum absolute atomic E-state index is 0.203. The molecule has 0 saturated heterocycles. The Morgan fingerprint density at radius 1 is 1.00 bits per heavy atom. The highest BCUT2D eigenvalue weighted by molar-refractivity contribution is 7.15. The number of fused-ring (bicyclic) bond motifs is 4. The Morgan fingerprint density at radius 2 is 1.77 bits per heavy atom. The van der Waals surface area contributed by atoms with E-state index in [4.69, 9.17) is 14.2 Å². The van der Waals surface area contributed by atoms with E-state index in [-0.39, 0.29) is 22.9 Å². The van der Waals surface area contributed by atoms with Crippen molar-refractivity contribution in [3.63, 3.8) is 0 Å². The van der Waals surface area contributed by atoms with Gasteiger partial charge in [0.2, 0.25) is 23.0 Å². The molecule has 3 aromatic rings. The minimum atomic E-state index is -0.712. The number of benzene rings is 1. The van der Waals surface area contributed by atoms with Gasteiger partial charge in [0.1, 0.15) is 6.04 Å². The highest BCUT2D eigenvalue weighted by Gasteiger charge is 2.29. The lowest BCUT2D eigenvalue weighted by Gasteiger charge is -2.19. The van der Waals surface area contributed by atoms with Gasteiger partial charge in [-0.05, 0) is 80.3 Å². The summed E-state index contributed by atoms with van der Waals surface area (Å²) in [6.45, 7) is 3.17. The number of hydrogen-bond donors (Lipinski definition) is 3. The van der Waals surface area contributed by atoms with E-state index in [0.717, 1.165) is 48.1 Å². The number of carbonyl (C=O) groups excluding carboxylic acids is 2. The molecule has 10 nitrogen and oxygen atoms in total. The number of nitrogens with zero attached hydrogens (tertiary/aromatic N) is 1. The van der Waals surface area contributed by atoms with Crippen LogP contribution in [-0.2, 0) is 28.9 Å². The number of methoxy groups -OCH3 is 3. The standard InChI is InChI=1S/C32H38N4O6S/c1-17(31(39)36-32-35-24-9-7-6-8-10-27(24)43-32)33-23-14-12-20-21(16-25(23)38)22(34-18(2)37)13-11-19-15-26(40-3)29(41-4)30(42-5)28(19)20/h12,14-17,22H,6-11,13H2,1-5H3,(H,33,38)(H,34,37)(H,35,36,39)/t17-,22+/m1/s1. The predicted octanol–water partition coefficient (Wildman–Crippen LogP) is 5.03. The van der Waals surface area contributed by atoms with E-state index in [9.17, 15) is 14.4 Å². The lowest BCUT2D eigenvalue weighted by molar-refractivity contribution is -0.119. The maximum atomic E-state index is 13.6. The van der Waals surface area contributed by atoms with Gasteiger partial charge in [0, 0.05) is 17.4 Å². The summed E-state index contributed by atoms with van der Waals surface area (Å²) in [4.78, 5) is 44.9. The number of thiazole rings is 1. The van der Waals surface area contributed by atoms with Crippen molar-refractivity contribution < 1.29 is 23.8 Å². The fourth-order valence-corrected chi connectivity index (χ4v) is 6.97. The molecule has 1 aromatic heterocycles. The highest BCUT2D eigenvalue weighted by Crippen LogP contribution is 2.50. The van der Waals surface area contributed by atoms with Crippen molar-refractivity contribution in [1.29, 1.82) is 0 Å². The molecule has 0 spiro atoms. The van der Waals surface area contributed by atoms with Crippen molar-refractivity contribution in [2.24, 2.45) is 0 Å². The number of nitrogens with one attached hydrogen (secondary N) is 3. The molecule has 1 heterocycles. The molecule has 3 N–H and O–H groups in total. The van der Waals surface area contributed by atoms with Gasteiger partial charge >= 0.3 is 0 Å². The largest absolute Gasteiger partial charge is 0.493 e. The molecule has 43 heavy (non-hydrogen) atoms. The number of aryl methyl sites for hydroxylation is 3. The van der Waals surface area contributed by atoms with Crippen LogP contribution < -0.4 is 35.6 Å². The first-order valence-electron chi connectivity index (χ1n) is 14.6. The summed E-state index contributed by atoms with van der Waals surface area (Å²) in [5.74, 6) is 0.956. The molecule has 0 saturated carbocycles. The van der Waals surface area contributed by atoms with Crippen LogP contribution in [0.25, 0.3) is 11.1 Å².